The first-order valence-corrected chi connectivity index (χ1v) is 6.52. The van der Waals surface area contributed by atoms with Gasteiger partial charge in [-0.2, -0.15) is 0 Å². The van der Waals surface area contributed by atoms with E-state index in [1.165, 1.54) is 18.4 Å². The van der Waals surface area contributed by atoms with Crippen molar-refractivity contribution < 1.29 is 0 Å². The van der Waals surface area contributed by atoms with Gasteiger partial charge in [-0.25, -0.2) is 0 Å². The van der Waals surface area contributed by atoms with Crippen molar-refractivity contribution in [2.24, 2.45) is 11.8 Å². The van der Waals surface area contributed by atoms with Gasteiger partial charge in [-0.15, -0.1) is 0 Å². The van der Waals surface area contributed by atoms with Crippen molar-refractivity contribution in [2.45, 2.75) is 38.5 Å². The van der Waals surface area contributed by atoms with E-state index in [1.54, 1.807) is 5.56 Å². The normalized spacial score (nSPS) is 31.6. The average molecular weight is 212 g/mol. The van der Waals surface area contributed by atoms with Crippen LogP contribution in [0, 0.1) is 11.8 Å². The molecule has 0 aromatic heterocycles. The fourth-order valence-electron chi connectivity index (χ4n) is 3.29. The van der Waals surface area contributed by atoms with E-state index in [2.05, 4.69) is 50.3 Å². The van der Waals surface area contributed by atoms with Gasteiger partial charge in [0, 0.05) is 0 Å². The minimum Gasteiger partial charge on any atom is -0.0851 e. The van der Waals surface area contributed by atoms with Crippen LogP contribution in [-0.4, -0.2) is 0 Å². The lowest BCUT2D eigenvalue weighted by atomic mass is 9.86. The van der Waals surface area contributed by atoms with Crippen LogP contribution < -0.4 is 0 Å². The molecule has 3 atom stereocenters. The zero-order chi connectivity index (χ0) is 11.1. The minimum absolute atomic E-state index is 0.647. The lowest BCUT2D eigenvalue weighted by Crippen LogP contribution is -2.05. The highest BCUT2D eigenvalue weighted by molar-refractivity contribution is 5.31. The summed E-state index contributed by atoms with van der Waals surface area (Å²) in [6, 6.07) is 9.34. The van der Waals surface area contributed by atoms with Crippen LogP contribution in [0.2, 0.25) is 0 Å². The van der Waals surface area contributed by atoms with Crippen LogP contribution in [0.1, 0.15) is 49.7 Å². The second-order valence-corrected chi connectivity index (χ2v) is 5.71. The molecule has 0 N–H and O–H groups in total. The van der Waals surface area contributed by atoms with Gasteiger partial charge in [-0.3, -0.25) is 0 Å². The molecule has 0 spiro atoms. The first-order chi connectivity index (χ1) is 7.74. The van der Waals surface area contributed by atoms with Gasteiger partial charge >= 0.3 is 0 Å². The Morgan fingerprint density at radius 1 is 1.00 bits per heavy atom. The predicted octanol–water partition coefficient (Wildman–Crippen LogP) is 4.49. The SMILES string of the molecule is CC(C)c1ccc(C2CC3C=CC2C3)cc1. The van der Waals surface area contributed by atoms with Crippen LogP contribution in [0.3, 0.4) is 0 Å². The number of benzene rings is 1. The third-order valence-corrected chi connectivity index (χ3v) is 4.31. The molecule has 0 heteroatoms. The summed E-state index contributed by atoms with van der Waals surface area (Å²) in [6.45, 7) is 4.52. The molecule has 1 aromatic rings. The van der Waals surface area contributed by atoms with Crippen molar-refractivity contribution in [1.82, 2.24) is 0 Å². The van der Waals surface area contributed by atoms with Gasteiger partial charge in [0.05, 0.1) is 0 Å². The fraction of sp³-hybridized carbons (Fsp3) is 0.500. The Morgan fingerprint density at radius 3 is 2.25 bits per heavy atom. The molecule has 0 saturated heterocycles. The van der Waals surface area contributed by atoms with E-state index in [9.17, 15) is 0 Å². The third kappa shape index (κ3) is 1.61. The molecule has 3 rings (SSSR count). The predicted molar refractivity (Wildman–Crippen MR) is 68.6 cm³/mol. The van der Waals surface area contributed by atoms with Crippen LogP contribution in [0.25, 0.3) is 0 Å². The third-order valence-electron chi connectivity index (χ3n) is 4.31. The Morgan fingerprint density at radius 2 is 1.75 bits per heavy atom. The quantitative estimate of drug-likeness (QED) is 0.634. The molecule has 0 amide bonds. The maximum absolute atomic E-state index is 2.44. The summed E-state index contributed by atoms with van der Waals surface area (Å²) >= 11 is 0. The van der Waals surface area contributed by atoms with Crippen molar-refractivity contribution in [3.63, 3.8) is 0 Å². The van der Waals surface area contributed by atoms with E-state index in [-0.39, 0.29) is 0 Å². The van der Waals surface area contributed by atoms with E-state index >= 15 is 0 Å². The Hall–Kier alpha value is -1.04. The van der Waals surface area contributed by atoms with Crippen LogP contribution >= 0.6 is 0 Å². The van der Waals surface area contributed by atoms with E-state index in [1.807, 2.05) is 0 Å². The molecule has 1 saturated carbocycles. The summed E-state index contributed by atoms with van der Waals surface area (Å²) in [5, 5.41) is 0. The largest absolute Gasteiger partial charge is 0.0851 e. The van der Waals surface area contributed by atoms with Gasteiger partial charge in [-0.1, -0.05) is 50.3 Å². The summed E-state index contributed by atoms with van der Waals surface area (Å²) in [6.07, 6.45) is 7.64. The summed E-state index contributed by atoms with van der Waals surface area (Å²) in [5.74, 6) is 3.15. The van der Waals surface area contributed by atoms with Gasteiger partial charge < -0.3 is 0 Å². The Labute approximate surface area is 98.4 Å². The van der Waals surface area contributed by atoms with Gasteiger partial charge in [0.25, 0.3) is 0 Å². The summed E-state index contributed by atoms with van der Waals surface area (Å²) in [5.41, 5.74) is 3.02. The number of hydrogen-bond acceptors (Lipinski definition) is 0. The lowest BCUT2D eigenvalue weighted by Gasteiger charge is -2.19. The molecule has 2 aliphatic rings. The molecule has 0 heterocycles. The zero-order valence-corrected chi connectivity index (χ0v) is 10.2. The summed E-state index contributed by atoms with van der Waals surface area (Å²) in [7, 11) is 0. The summed E-state index contributed by atoms with van der Waals surface area (Å²) in [4.78, 5) is 0. The number of allylic oxidation sites excluding steroid dienone is 2. The van der Waals surface area contributed by atoms with Crippen LogP contribution in [0.15, 0.2) is 36.4 Å². The van der Waals surface area contributed by atoms with Crippen molar-refractivity contribution in [2.75, 3.05) is 0 Å². The molecule has 84 valence electrons. The molecule has 2 bridgehead atoms. The number of rotatable bonds is 2. The monoisotopic (exact) mass is 212 g/mol. The van der Waals surface area contributed by atoms with Gasteiger partial charge in [0.15, 0.2) is 0 Å². The van der Waals surface area contributed by atoms with Crippen LogP contribution in [0.5, 0.6) is 0 Å². The maximum atomic E-state index is 2.44. The highest BCUT2D eigenvalue weighted by atomic mass is 14.4. The Balaban J connectivity index is 1.83. The average Bonchev–Trinajstić information content (AvgIpc) is 2.91. The van der Waals surface area contributed by atoms with Crippen LogP contribution in [-0.2, 0) is 0 Å². The maximum Gasteiger partial charge on any atom is -0.00932 e. The zero-order valence-electron chi connectivity index (χ0n) is 10.2. The van der Waals surface area contributed by atoms with Crippen molar-refractivity contribution >= 4 is 0 Å². The highest BCUT2D eigenvalue weighted by Gasteiger charge is 2.36. The van der Waals surface area contributed by atoms with E-state index in [0.29, 0.717) is 5.92 Å². The van der Waals surface area contributed by atoms with Crippen LogP contribution in [0.4, 0.5) is 0 Å². The van der Waals surface area contributed by atoms with E-state index < -0.39 is 0 Å². The highest BCUT2D eigenvalue weighted by Crippen LogP contribution is 2.48. The van der Waals surface area contributed by atoms with Gasteiger partial charge in [-0.05, 0) is 47.6 Å². The molecule has 3 unspecified atom stereocenters. The standard InChI is InChI=1S/C16H20/c1-11(2)13-5-7-14(8-6-13)16-10-12-3-4-15(16)9-12/h3-8,11-12,15-16H,9-10H2,1-2H3. The van der Waals surface area contributed by atoms with E-state index in [0.717, 1.165) is 17.8 Å². The topological polar surface area (TPSA) is 0 Å². The molecule has 16 heavy (non-hydrogen) atoms. The fourth-order valence-corrected chi connectivity index (χ4v) is 3.29. The molecule has 1 fully saturated rings. The molecule has 1 aromatic carbocycles. The molecule has 2 aliphatic carbocycles. The van der Waals surface area contributed by atoms with Crippen molar-refractivity contribution in [3.8, 4) is 0 Å². The molecule has 0 aliphatic heterocycles. The summed E-state index contributed by atoms with van der Waals surface area (Å²) < 4.78 is 0. The smallest absolute Gasteiger partial charge is 0.00932 e. The van der Waals surface area contributed by atoms with Crippen molar-refractivity contribution in [3.05, 3.63) is 47.5 Å². The molecule has 0 nitrogen and oxygen atoms in total. The molecular formula is C16H20. The minimum atomic E-state index is 0.647. The van der Waals surface area contributed by atoms with Crippen molar-refractivity contribution in [1.29, 1.82) is 0 Å². The second-order valence-electron chi connectivity index (χ2n) is 5.71. The molecule has 0 radical (unpaired) electrons. The first-order valence-electron chi connectivity index (χ1n) is 6.52. The molecular weight excluding hydrogens is 192 g/mol. The van der Waals surface area contributed by atoms with E-state index in [4.69, 9.17) is 0 Å². The lowest BCUT2D eigenvalue weighted by molar-refractivity contribution is 0.585. The van der Waals surface area contributed by atoms with Gasteiger partial charge in [0.2, 0.25) is 0 Å². The Kier molecular flexibility index (Phi) is 2.38. The Bertz CT molecular complexity index is 397. The van der Waals surface area contributed by atoms with Gasteiger partial charge in [0.1, 0.15) is 0 Å². The number of hydrogen-bond donors (Lipinski definition) is 0. The first kappa shape index (κ1) is 10.1. The second kappa shape index (κ2) is 3.76. The number of fused-ring (bicyclic) bond motifs is 2.